The smallest absolute Gasteiger partial charge is 0.322 e. The molecule has 18 heavy (non-hydrogen) atoms. The molecule has 0 unspecified atom stereocenters. The third-order valence-corrected chi connectivity index (χ3v) is 3.44. The molecule has 0 aromatic heterocycles. The molecule has 1 aromatic carbocycles. The SMILES string of the molecule is Cc1cccc(NC(=O)N(CCO)C2CC2)c1C. The van der Waals surface area contributed by atoms with E-state index in [2.05, 4.69) is 5.32 Å². The van der Waals surface area contributed by atoms with E-state index in [1.54, 1.807) is 4.90 Å². The molecule has 2 rings (SSSR count). The zero-order valence-electron chi connectivity index (χ0n) is 10.9. The number of aliphatic hydroxyl groups excluding tert-OH is 1. The predicted octanol–water partition coefficient (Wildman–Crippen LogP) is 2.29. The summed E-state index contributed by atoms with van der Waals surface area (Å²) in [6.07, 6.45) is 2.08. The van der Waals surface area contributed by atoms with Crippen LogP contribution in [0.25, 0.3) is 0 Å². The highest BCUT2D eigenvalue weighted by Crippen LogP contribution is 2.27. The summed E-state index contributed by atoms with van der Waals surface area (Å²) in [6.45, 7) is 4.44. The van der Waals surface area contributed by atoms with Gasteiger partial charge in [-0.3, -0.25) is 0 Å². The Labute approximate surface area is 108 Å². The molecule has 0 bridgehead atoms. The first-order chi connectivity index (χ1) is 8.63. The van der Waals surface area contributed by atoms with Crippen LogP contribution in [0.5, 0.6) is 0 Å². The van der Waals surface area contributed by atoms with Gasteiger partial charge in [-0.25, -0.2) is 4.79 Å². The monoisotopic (exact) mass is 248 g/mol. The minimum Gasteiger partial charge on any atom is -0.395 e. The highest BCUT2D eigenvalue weighted by atomic mass is 16.3. The van der Waals surface area contributed by atoms with Crippen molar-refractivity contribution in [2.24, 2.45) is 0 Å². The summed E-state index contributed by atoms with van der Waals surface area (Å²) < 4.78 is 0. The molecule has 0 aliphatic heterocycles. The fourth-order valence-corrected chi connectivity index (χ4v) is 2.02. The number of anilines is 1. The molecule has 1 aromatic rings. The number of hydrogen-bond donors (Lipinski definition) is 2. The van der Waals surface area contributed by atoms with Crippen LogP contribution in [0.3, 0.4) is 0 Å². The van der Waals surface area contributed by atoms with Gasteiger partial charge in [0, 0.05) is 18.3 Å². The zero-order chi connectivity index (χ0) is 13.1. The predicted molar refractivity (Wildman–Crippen MR) is 71.7 cm³/mol. The summed E-state index contributed by atoms with van der Waals surface area (Å²) in [5, 5.41) is 11.9. The Bertz CT molecular complexity index is 441. The van der Waals surface area contributed by atoms with E-state index in [1.165, 1.54) is 0 Å². The fraction of sp³-hybridized carbons (Fsp3) is 0.500. The summed E-state index contributed by atoms with van der Waals surface area (Å²) in [7, 11) is 0. The summed E-state index contributed by atoms with van der Waals surface area (Å²) in [5.41, 5.74) is 3.10. The van der Waals surface area contributed by atoms with Crippen LogP contribution in [-0.4, -0.2) is 35.2 Å². The molecular weight excluding hydrogens is 228 g/mol. The Morgan fingerprint density at radius 2 is 2.17 bits per heavy atom. The van der Waals surface area contributed by atoms with Gasteiger partial charge in [-0.2, -0.15) is 0 Å². The van der Waals surface area contributed by atoms with Gasteiger partial charge in [0.05, 0.1) is 6.61 Å². The molecule has 0 radical (unpaired) electrons. The Balaban J connectivity index is 2.07. The van der Waals surface area contributed by atoms with Gasteiger partial charge < -0.3 is 15.3 Å². The van der Waals surface area contributed by atoms with Gasteiger partial charge in [0.15, 0.2) is 0 Å². The highest BCUT2D eigenvalue weighted by molar-refractivity contribution is 5.90. The quantitative estimate of drug-likeness (QED) is 0.859. The number of carbonyl (C=O) groups excluding carboxylic acids is 1. The minimum absolute atomic E-state index is 0.0106. The fourth-order valence-electron chi connectivity index (χ4n) is 2.02. The Morgan fingerprint density at radius 3 is 2.78 bits per heavy atom. The van der Waals surface area contributed by atoms with Crippen LogP contribution in [0.1, 0.15) is 24.0 Å². The molecule has 4 nitrogen and oxygen atoms in total. The number of rotatable bonds is 4. The van der Waals surface area contributed by atoms with Gasteiger partial charge in [-0.1, -0.05) is 12.1 Å². The molecule has 2 N–H and O–H groups in total. The van der Waals surface area contributed by atoms with E-state index in [0.29, 0.717) is 12.6 Å². The topological polar surface area (TPSA) is 52.6 Å². The number of aliphatic hydroxyl groups is 1. The van der Waals surface area contributed by atoms with Gasteiger partial charge in [-0.05, 0) is 43.9 Å². The van der Waals surface area contributed by atoms with Crippen molar-refractivity contribution in [2.75, 3.05) is 18.5 Å². The van der Waals surface area contributed by atoms with Crippen LogP contribution in [-0.2, 0) is 0 Å². The second-order valence-corrected chi connectivity index (χ2v) is 4.83. The van der Waals surface area contributed by atoms with Crippen LogP contribution in [0.4, 0.5) is 10.5 Å². The maximum Gasteiger partial charge on any atom is 0.322 e. The number of urea groups is 1. The molecule has 0 atom stereocenters. The number of hydrogen-bond acceptors (Lipinski definition) is 2. The molecular formula is C14H20N2O2. The van der Waals surface area contributed by atoms with Crippen molar-refractivity contribution >= 4 is 11.7 Å². The minimum atomic E-state index is -0.111. The number of benzene rings is 1. The van der Waals surface area contributed by atoms with Crippen LogP contribution < -0.4 is 5.32 Å². The number of aryl methyl sites for hydroxylation is 1. The zero-order valence-corrected chi connectivity index (χ0v) is 10.9. The summed E-state index contributed by atoms with van der Waals surface area (Å²) in [5.74, 6) is 0. The maximum atomic E-state index is 12.2. The molecule has 0 heterocycles. The summed E-state index contributed by atoms with van der Waals surface area (Å²) in [4.78, 5) is 13.9. The molecule has 4 heteroatoms. The maximum absolute atomic E-state index is 12.2. The van der Waals surface area contributed by atoms with Crippen molar-refractivity contribution in [1.29, 1.82) is 0 Å². The largest absolute Gasteiger partial charge is 0.395 e. The van der Waals surface area contributed by atoms with E-state index in [4.69, 9.17) is 5.11 Å². The second-order valence-electron chi connectivity index (χ2n) is 4.83. The molecule has 1 aliphatic carbocycles. The Hall–Kier alpha value is -1.55. The standard InChI is InChI=1S/C14H20N2O2/c1-10-4-3-5-13(11(10)2)15-14(18)16(8-9-17)12-6-7-12/h3-5,12,17H,6-9H2,1-2H3,(H,15,18). The first kappa shape index (κ1) is 12.9. The average molecular weight is 248 g/mol. The third-order valence-electron chi connectivity index (χ3n) is 3.44. The van der Waals surface area contributed by atoms with Crippen molar-refractivity contribution < 1.29 is 9.90 Å². The number of nitrogens with zero attached hydrogens (tertiary/aromatic N) is 1. The Kier molecular flexibility index (Phi) is 3.87. The lowest BCUT2D eigenvalue weighted by atomic mass is 10.1. The van der Waals surface area contributed by atoms with Gasteiger partial charge >= 0.3 is 6.03 Å². The van der Waals surface area contributed by atoms with E-state index < -0.39 is 0 Å². The van der Waals surface area contributed by atoms with Crippen molar-refractivity contribution in [1.82, 2.24) is 4.90 Å². The highest BCUT2D eigenvalue weighted by Gasteiger charge is 2.32. The van der Waals surface area contributed by atoms with Gasteiger partial charge in [0.1, 0.15) is 0 Å². The lowest BCUT2D eigenvalue weighted by Gasteiger charge is -2.22. The Morgan fingerprint density at radius 1 is 1.44 bits per heavy atom. The van der Waals surface area contributed by atoms with Crippen LogP contribution in [0.2, 0.25) is 0 Å². The molecule has 1 saturated carbocycles. The van der Waals surface area contributed by atoms with Crippen molar-refractivity contribution in [2.45, 2.75) is 32.7 Å². The average Bonchev–Trinajstić information content (AvgIpc) is 3.16. The number of carbonyl (C=O) groups is 1. The first-order valence-electron chi connectivity index (χ1n) is 6.38. The molecule has 1 aliphatic rings. The molecule has 0 saturated heterocycles. The van der Waals surface area contributed by atoms with Gasteiger partial charge in [0.2, 0.25) is 0 Å². The summed E-state index contributed by atoms with van der Waals surface area (Å²) >= 11 is 0. The van der Waals surface area contributed by atoms with Crippen molar-refractivity contribution in [3.8, 4) is 0 Å². The molecule has 2 amide bonds. The second kappa shape index (κ2) is 5.40. The van der Waals surface area contributed by atoms with Crippen molar-refractivity contribution in [3.05, 3.63) is 29.3 Å². The van der Waals surface area contributed by atoms with Crippen LogP contribution >= 0.6 is 0 Å². The normalized spacial score (nSPS) is 14.4. The lowest BCUT2D eigenvalue weighted by Crippen LogP contribution is -2.38. The van der Waals surface area contributed by atoms with Crippen molar-refractivity contribution in [3.63, 3.8) is 0 Å². The number of nitrogens with one attached hydrogen (secondary N) is 1. The molecule has 98 valence electrons. The van der Waals surface area contributed by atoms with E-state index in [-0.39, 0.29) is 12.6 Å². The molecule has 1 fully saturated rings. The third kappa shape index (κ3) is 2.82. The van der Waals surface area contributed by atoms with Crippen LogP contribution in [0, 0.1) is 13.8 Å². The van der Waals surface area contributed by atoms with Gasteiger partial charge in [0.25, 0.3) is 0 Å². The van der Waals surface area contributed by atoms with E-state index in [0.717, 1.165) is 29.7 Å². The van der Waals surface area contributed by atoms with Gasteiger partial charge in [-0.15, -0.1) is 0 Å². The van der Waals surface area contributed by atoms with E-state index >= 15 is 0 Å². The van der Waals surface area contributed by atoms with Crippen LogP contribution in [0.15, 0.2) is 18.2 Å². The summed E-state index contributed by atoms with van der Waals surface area (Å²) in [6, 6.07) is 6.06. The van der Waals surface area contributed by atoms with E-state index in [9.17, 15) is 4.79 Å². The number of amides is 2. The molecule has 0 spiro atoms. The first-order valence-corrected chi connectivity index (χ1v) is 6.38. The lowest BCUT2D eigenvalue weighted by molar-refractivity contribution is 0.185. The van der Waals surface area contributed by atoms with E-state index in [1.807, 2.05) is 32.0 Å².